The quantitative estimate of drug-likeness (QED) is 0.0266. The van der Waals surface area contributed by atoms with Crippen molar-refractivity contribution < 1.29 is 37.6 Å². The van der Waals surface area contributed by atoms with Crippen molar-refractivity contribution in [2.75, 3.05) is 26.4 Å². The molecule has 1 unspecified atom stereocenters. The molecule has 10 heteroatoms. The Kier molecular flexibility index (Phi) is 43.0. The maximum atomic E-state index is 12.6. The van der Waals surface area contributed by atoms with Crippen molar-refractivity contribution in [3.63, 3.8) is 0 Å². The average Bonchev–Trinajstić information content (AvgIpc) is 3.22. The van der Waals surface area contributed by atoms with E-state index >= 15 is 0 Å². The van der Waals surface area contributed by atoms with Crippen molar-refractivity contribution in [3.05, 3.63) is 72.9 Å². The van der Waals surface area contributed by atoms with Crippen LogP contribution in [0.5, 0.6) is 0 Å². The smallest absolute Gasteiger partial charge is 0.462 e. The summed E-state index contributed by atoms with van der Waals surface area (Å²) in [6.07, 6.45) is 55.3. The largest absolute Gasteiger partial charge is 0.472 e. The van der Waals surface area contributed by atoms with Crippen LogP contribution >= 0.6 is 7.82 Å². The number of phosphoric acid groups is 1. The maximum absolute atomic E-state index is 12.6. The molecule has 0 rings (SSSR count). The molecular weight excluding hydrogens is 762 g/mol. The van der Waals surface area contributed by atoms with Gasteiger partial charge >= 0.3 is 19.8 Å². The zero-order chi connectivity index (χ0) is 43.2. The van der Waals surface area contributed by atoms with Crippen LogP contribution in [0.15, 0.2) is 72.9 Å². The number of nitrogens with two attached hydrogens (primary N) is 1. The second-order valence-electron chi connectivity index (χ2n) is 15.3. The molecule has 0 saturated heterocycles. The summed E-state index contributed by atoms with van der Waals surface area (Å²) in [6, 6.07) is 0. The van der Waals surface area contributed by atoms with Gasteiger partial charge in [0, 0.05) is 19.4 Å². The Hall–Kier alpha value is -2.55. The fraction of sp³-hybridized carbons (Fsp3) is 0.714. The number of hydrogen-bond acceptors (Lipinski definition) is 8. The zero-order valence-electron chi connectivity index (χ0n) is 37.5. The number of esters is 2. The van der Waals surface area contributed by atoms with Gasteiger partial charge in [0.25, 0.3) is 0 Å². The summed E-state index contributed by atoms with van der Waals surface area (Å²) >= 11 is 0. The summed E-state index contributed by atoms with van der Waals surface area (Å²) in [5.41, 5.74) is 5.35. The number of allylic oxidation sites excluding steroid dienone is 12. The van der Waals surface area contributed by atoms with Gasteiger partial charge in [-0.25, -0.2) is 4.57 Å². The van der Waals surface area contributed by atoms with Crippen molar-refractivity contribution in [1.29, 1.82) is 0 Å². The minimum atomic E-state index is -4.41. The first kappa shape index (κ1) is 56.5. The summed E-state index contributed by atoms with van der Waals surface area (Å²) in [5.74, 6) is -0.950. The minimum absolute atomic E-state index is 0.0369. The van der Waals surface area contributed by atoms with Crippen LogP contribution in [0.1, 0.15) is 194 Å². The van der Waals surface area contributed by atoms with Gasteiger partial charge in [-0.1, -0.05) is 177 Å². The third-order valence-corrected chi connectivity index (χ3v) is 10.5. The molecule has 9 nitrogen and oxygen atoms in total. The molecule has 0 aliphatic heterocycles. The van der Waals surface area contributed by atoms with Gasteiger partial charge in [-0.05, 0) is 77.0 Å². The van der Waals surface area contributed by atoms with E-state index in [1.54, 1.807) is 0 Å². The van der Waals surface area contributed by atoms with Crippen LogP contribution in [0.25, 0.3) is 0 Å². The molecule has 0 aromatic carbocycles. The lowest BCUT2D eigenvalue weighted by Gasteiger charge is -2.19. The molecule has 0 spiro atoms. The van der Waals surface area contributed by atoms with Crippen molar-refractivity contribution in [2.45, 2.75) is 200 Å². The monoisotopic (exact) mass is 848 g/mol. The van der Waals surface area contributed by atoms with E-state index in [1.807, 2.05) is 6.08 Å². The van der Waals surface area contributed by atoms with Gasteiger partial charge in [0.1, 0.15) is 6.61 Å². The summed E-state index contributed by atoms with van der Waals surface area (Å²) in [5, 5.41) is 0. The van der Waals surface area contributed by atoms with Gasteiger partial charge in [-0.3, -0.25) is 18.6 Å². The molecule has 0 radical (unpaired) electrons. The number of carbonyl (C=O) groups is 2. The standard InChI is InChI=1S/C49H86NO8P/c1-3-5-7-9-11-13-15-17-19-21-22-23-24-26-27-29-31-33-35-37-39-41-48(51)55-45-47(46-57-59(53,54)56-44-43-50)58-49(52)42-40-38-36-34-32-30-28-25-20-18-16-14-12-10-8-6-4-2/h19,21,23-24,27-30,33-36,47H,3-18,20,22,25-26,31-32,37-46,50H2,1-2H3,(H,53,54)/b21-19+,24-23+,29-27+,30-28+,35-33+,36-34+/t47-/m1/s1. The van der Waals surface area contributed by atoms with Crippen molar-refractivity contribution in [2.24, 2.45) is 5.73 Å². The van der Waals surface area contributed by atoms with E-state index in [2.05, 4.69) is 80.7 Å². The molecule has 3 N–H and O–H groups in total. The minimum Gasteiger partial charge on any atom is -0.462 e. The Morgan fingerprint density at radius 3 is 1.31 bits per heavy atom. The first-order valence-electron chi connectivity index (χ1n) is 23.4. The average molecular weight is 848 g/mol. The second kappa shape index (κ2) is 45.0. The van der Waals surface area contributed by atoms with Crippen molar-refractivity contribution in [3.8, 4) is 0 Å². The lowest BCUT2D eigenvalue weighted by molar-refractivity contribution is -0.161. The SMILES string of the molecule is CCCCCCCCC/C=C/C/C=C/C/C=C/C/C=C/CCCC(=O)OC[C@H](COP(=O)(O)OCCN)OC(=O)CCC/C=C/C/C=C/CCCCCCCCCCC. The predicted octanol–water partition coefficient (Wildman–Crippen LogP) is 13.8. The number of hydrogen-bond donors (Lipinski definition) is 2. The lowest BCUT2D eigenvalue weighted by atomic mass is 10.1. The molecule has 340 valence electrons. The van der Waals surface area contributed by atoms with E-state index in [1.165, 1.54) is 109 Å². The third kappa shape index (κ3) is 44.8. The molecule has 0 bridgehead atoms. The van der Waals surface area contributed by atoms with Gasteiger partial charge in [-0.15, -0.1) is 0 Å². The van der Waals surface area contributed by atoms with Crippen molar-refractivity contribution in [1.82, 2.24) is 0 Å². The molecule has 2 atom stereocenters. The summed E-state index contributed by atoms with van der Waals surface area (Å²) < 4.78 is 32.7. The normalized spacial score (nSPS) is 13.9. The van der Waals surface area contributed by atoms with Gasteiger partial charge in [-0.2, -0.15) is 0 Å². The Morgan fingerprint density at radius 2 is 0.881 bits per heavy atom. The number of phosphoric ester groups is 1. The van der Waals surface area contributed by atoms with Gasteiger partial charge < -0.3 is 20.1 Å². The molecule has 59 heavy (non-hydrogen) atoms. The molecule has 0 amide bonds. The van der Waals surface area contributed by atoms with Gasteiger partial charge in [0.05, 0.1) is 13.2 Å². The molecule has 0 saturated carbocycles. The van der Waals surface area contributed by atoms with E-state index < -0.39 is 32.5 Å². The van der Waals surface area contributed by atoms with Gasteiger partial charge in [0.15, 0.2) is 6.10 Å². The summed E-state index contributed by atoms with van der Waals surface area (Å²) in [6.45, 7) is 3.62. The topological polar surface area (TPSA) is 134 Å². The predicted molar refractivity (Wildman–Crippen MR) is 247 cm³/mol. The molecule has 0 aliphatic carbocycles. The van der Waals surface area contributed by atoms with Crippen LogP contribution in [-0.4, -0.2) is 49.3 Å². The molecule has 0 aromatic heterocycles. The Morgan fingerprint density at radius 1 is 0.508 bits per heavy atom. The number of ether oxygens (including phenoxy) is 2. The molecule has 0 fully saturated rings. The first-order valence-corrected chi connectivity index (χ1v) is 24.9. The molecular formula is C49H86NO8P. The first-order chi connectivity index (χ1) is 28.8. The van der Waals surface area contributed by atoms with Gasteiger partial charge in [0.2, 0.25) is 0 Å². The Balaban J connectivity index is 4.28. The number of unbranched alkanes of at least 4 members (excludes halogenated alkanes) is 18. The van der Waals surface area contributed by atoms with Crippen LogP contribution in [0.3, 0.4) is 0 Å². The van der Waals surface area contributed by atoms with Crippen LogP contribution in [0.2, 0.25) is 0 Å². The zero-order valence-corrected chi connectivity index (χ0v) is 38.4. The van der Waals surface area contributed by atoms with E-state index in [0.29, 0.717) is 12.8 Å². The fourth-order valence-corrected chi connectivity index (χ4v) is 6.84. The summed E-state index contributed by atoms with van der Waals surface area (Å²) in [7, 11) is -4.41. The molecule has 0 heterocycles. The highest BCUT2D eigenvalue weighted by Crippen LogP contribution is 2.43. The van der Waals surface area contributed by atoms with Crippen LogP contribution in [0, 0.1) is 0 Å². The second-order valence-corrected chi connectivity index (χ2v) is 16.7. The highest BCUT2D eigenvalue weighted by molar-refractivity contribution is 7.47. The lowest BCUT2D eigenvalue weighted by Crippen LogP contribution is -2.29. The van der Waals surface area contributed by atoms with E-state index in [4.69, 9.17) is 24.3 Å². The van der Waals surface area contributed by atoms with Crippen molar-refractivity contribution >= 4 is 19.8 Å². The summed E-state index contributed by atoms with van der Waals surface area (Å²) in [4.78, 5) is 34.9. The van der Waals surface area contributed by atoms with E-state index in [0.717, 1.165) is 44.9 Å². The highest BCUT2D eigenvalue weighted by Gasteiger charge is 2.25. The van der Waals surface area contributed by atoms with E-state index in [9.17, 15) is 19.0 Å². The Bertz CT molecular complexity index is 1190. The van der Waals surface area contributed by atoms with Crippen LogP contribution < -0.4 is 5.73 Å². The molecule has 0 aromatic rings. The van der Waals surface area contributed by atoms with Crippen LogP contribution in [0.4, 0.5) is 0 Å². The number of carbonyl (C=O) groups excluding carboxylic acids is 2. The highest BCUT2D eigenvalue weighted by atomic mass is 31.2. The third-order valence-electron chi connectivity index (χ3n) is 9.56. The Labute approximate surface area is 361 Å². The fourth-order valence-electron chi connectivity index (χ4n) is 6.08. The van der Waals surface area contributed by atoms with E-state index in [-0.39, 0.29) is 32.6 Å². The van der Waals surface area contributed by atoms with Crippen LogP contribution in [-0.2, 0) is 32.7 Å². The maximum Gasteiger partial charge on any atom is 0.472 e. The number of rotatable bonds is 43. The molecule has 0 aliphatic rings.